The molecule has 0 saturated heterocycles. The molecule has 1 amide bonds. The number of amides is 1. The molecule has 0 aromatic heterocycles. The predicted molar refractivity (Wildman–Crippen MR) is 153 cm³/mol. The normalized spacial score (nSPS) is 15.1. The van der Waals surface area contributed by atoms with Crippen molar-refractivity contribution in [1.29, 1.82) is 0 Å². The van der Waals surface area contributed by atoms with E-state index in [1.807, 2.05) is 0 Å². The highest BCUT2D eigenvalue weighted by Gasteiger charge is 2.17. The van der Waals surface area contributed by atoms with Crippen LogP contribution in [0.1, 0.15) is 40.9 Å². The lowest BCUT2D eigenvalue weighted by Gasteiger charge is -2.25. The average Bonchev–Trinajstić information content (AvgIpc) is 2.90. The molecule has 0 atom stereocenters. The first-order valence-corrected chi connectivity index (χ1v) is 15.2. The fraction of sp³-hybridized carbons (Fsp3) is 0.387. The summed E-state index contributed by atoms with van der Waals surface area (Å²) in [5, 5.41) is 2.69. The number of halogens is 1. The smallest absolute Gasteiger partial charge is 0.251 e. The number of ether oxygens (including phenoxy) is 2. The standard InChI is InChI=1S/C31H37FN2O5S/c1-23(2)21-34-13-14-38-15-16-39-30-11-6-26(20-27(30)19-24-4-3-5-25(18-24)22-34)31(35)33-12-17-40(36,37)29-9-7-28(32)8-10-29/h3-11,18,20,23H,12-17,19,21-22H2,1-2H3,(H,33,35). The zero-order valence-corrected chi connectivity index (χ0v) is 23.9. The molecule has 3 aromatic carbocycles. The van der Waals surface area contributed by atoms with Gasteiger partial charge in [0.25, 0.3) is 5.91 Å². The minimum absolute atomic E-state index is 0.0186. The van der Waals surface area contributed by atoms with E-state index in [-0.39, 0.29) is 23.1 Å². The Balaban J connectivity index is 1.48. The number of sulfone groups is 1. The molecule has 1 aliphatic heterocycles. The second-order valence-electron chi connectivity index (χ2n) is 10.4. The van der Waals surface area contributed by atoms with E-state index in [4.69, 9.17) is 9.47 Å². The first-order valence-electron chi connectivity index (χ1n) is 13.6. The molecule has 2 bridgehead atoms. The number of fused-ring (bicyclic) bond motifs is 3. The van der Waals surface area contributed by atoms with Crippen LogP contribution in [0.2, 0.25) is 0 Å². The molecule has 1 N–H and O–H groups in total. The number of nitrogens with one attached hydrogen (secondary N) is 1. The Labute approximate surface area is 236 Å². The Bertz CT molecular complexity index is 1390. The summed E-state index contributed by atoms with van der Waals surface area (Å²) in [5.41, 5.74) is 3.61. The number of hydrogen-bond acceptors (Lipinski definition) is 6. The Morgan fingerprint density at radius 2 is 1.77 bits per heavy atom. The van der Waals surface area contributed by atoms with Crippen LogP contribution in [0.3, 0.4) is 0 Å². The van der Waals surface area contributed by atoms with Crippen LogP contribution >= 0.6 is 0 Å². The van der Waals surface area contributed by atoms with E-state index >= 15 is 0 Å². The largest absolute Gasteiger partial charge is 0.491 e. The lowest BCUT2D eigenvalue weighted by atomic mass is 9.99. The molecule has 3 aromatic rings. The molecule has 4 rings (SSSR count). The van der Waals surface area contributed by atoms with Gasteiger partial charge >= 0.3 is 0 Å². The van der Waals surface area contributed by atoms with Gasteiger partial charge in [-0.3, -0.25) is 9.69 Å². The fourth-order valence-electron chi connectivity index (χ4n) is 4.73. The van der Waals surface area contributed by atoms with Gasteiger partial charge in [-0.05, 0) is 65.1 Å². The van der Waals surface area contributed by atoms with E-state index in [1.165, 1.54) is 17.7 Å². The van der Waals surface area contributed by atoms with Gasteiger partial charge in [0.1, 0.15) is 18.2 Å². The average molecular weight is 569 g/mol. The molecule has 0 aliphatic carbocycles. The molecular weight excluding hydrogens is 531 g/mol. The van der Waals surface area contributed by atoms with Crippen molar-refractivity contribution in [1.82, 2.24) is 10.2 Å². The fourth-order valence-corrected chi connectivity index (χ4v) is 5.89. The summed E-state index contributed by atoms with van der Waals surface area (Å²) < 4.78 is 50.1. The maximum absolute atomic E-state index is 13.2. The second-order valence-corrected chi connectivity index (χ2v) is 12.5. The quantitative estimate of drug-likeness (QED) is 0.423. The number of rotatable bonds is 7. The summed E-state index contributed by atoms with van der Waals surface area (Å²) in [4.78, 5) is 15.4. The first kappa shape index (κ1) is 29.7. The Kier molecular flexibility index (Phi) is 10.3. The predicted octanol–water partition coefficient (Wildman–Crippen LogP) is 4.49. The van der Waals surface area contributed by atoms with Crippen LogP contribution in [0.15, 0.2) is 71.6 Å². The molecule has 214 valence electrons. The van der Waals surface area contributed by atoms with Crippen LogP contribution in [0, 0.1) is 11.7 Å². The minimum Gasteiger partial charge on any atom is -0.491 e. The van der Waals surface area contributed by atoms with Gasteiger partial charge < -0.3 is 14.8 Å². The van der Waals surface area contributed by atoms with E-state index in [0.717, 1.165) is 42.9 Å². The molecule has 0 spiro atoms. The van der Waals surface area contributed by atoms with Crippen molar-refractivity contribution >= 4 is 15.7 Å². The molecular formula is C31H37FN2O5S. The van der Waals surface area contributed by atoms with E-state index in [1.54, 1.807) is 18.2 Å². The van der Waals surface area contributed by atoms with Crippen LogP contribution < -0.4 is 10.1 Å². The molecule has 0 radical (unpaired) electrons. The molecule has 0 fully saturated rings. The third-order valence-electron chi connectivity index (χ3n) is 6.60. The van der Waals surface area contributed by atoms with Gasteiger partial charge in [-0.25, -0.2) is 12.8 Å². The molecule has 40 heavy (non-hydrogen) atoms. The molecule has 7 nitrogen and oxygen atoms in total. The number of nitrogens with zero attached hydrogens (tertiary/aromatic N) is 1. The molecule has 9 heteroatoms. The van der Waals surface area contributed by atoms with Gasteiger partial charge in [-0.15, -0.1) is 0 Å². The zero-order valence-electron chi connectivity index (χ0n) is 23.1. The highest BCUT2D eigenvalue weighted by molar-refractivity contribution is 7.91. The van der Waals surface area contributed by atoms with Crippen LogP contribution in [-0.2, 0) is 27.5 Å². The van der Waals surface area contributed by atoms with Crippen LogP contribution in [-0.4, -0.2) is 64.4 Å². The third kappa shape index (κ3) is 8.61. The van der Waals surface area contributed by atoms with Crippen molar-refractivity contribution in [2.75, 3.05) is 45.2 Å². The van der Waals surface area contributed by atoms with Crippen molar-refractivity contribution in [2.45, 2.75) is 31.7 Å². The molecule has 1 heterocycles. The topological polar surface area (TPSA) is 84.9 Å². The van der Waals surface area contributed by atoms with Crippen molar-refractivity contribution in [3.63, 3.8) is 0 Å². The monoisotopic (exact) mass is 568 g/mol. The SMILES string of the molecule is CC(C)CN1CCOCCOc2ccc(C(=O)NCCS(=O)(=O)c3ccc(F)cc3)cc2Cc2cccc(c2)C1. The Morgan fingerprint density at radius 1 is 1.00 bits per heavy atom. The van der Waals surface area contributed by atoms with Crippen LogP contribution in [0.5, 0.6) is 5.75 Å². The van der Waals surface area contributed by atoms with Gasteiger partial charge in [-0.2, -0.15) is 0 Å². The molecule has 0 unspecified atom stereocenters. The van der Waals surface area contributed by atoms with Gasteiger partial charge in [0.15, 0.2) is 9.84 Å². The lowest BCUT2D eigenvalue weighted by molar-refractivity contribution is 0.0746. The molecule has 1 aliphatic rings. The summed E-state index contributed by atoms with van der Waals surface area (Å²) in [7, 11) is -3.65. The van der Waals surface area contributed by atoms with Crippen molar-refractivity contribution in [3.8, 4) is 5.75 Å². The maximum atomic E-state index is 13.2. The van der Waals surface area contributed by atoms with E-state index in [2.05, 4.69) is 48.3 Å². The van der Waals surface area contributed by atoms with Gasteiger partial charge in [0, 0.05) is 38.2 Å². The van der Waals surface area contributed by atoms with E-state index < -0.39 is 15.7 Å². The summed E-state index contributed by atoms with van der Waals surface area (Å²) in [6, 6.07) is 18.3. The van der Waals surface area contributed by atoms with Gasteiger partial charge in [0.2, 0.25) is 0 Å². The number of carbonyl (C=O) groups excluding carboxylic acids is 1. The van der Waals surface area contributed by atoms with Gasteiger partial charge in [-0.1, -0.05) is 38.1 Å². The van der Waals surface area contributed by atoms with Gasteiger partial charge in [0.05, 0.1) is 23.9 Å². The Morgan fingerprint density at radius 3 is 2.55 bits per heavy atom. The second kappa shape index (κ2) is 13.9. The minimum atomic E-state index is -3.65. The number of benzene rings is 3. The van der Waals surface area contributed by atoms with E-state index in [0.29, 0.717) is 43.5 Å². The Hall–Kier alpha value is -3.27. The van der Waals surface area contributed by atoms with Crippen molar-refractivity contribution < 1.29 is 27.1 Å². The highest BCUT2D eigenvalue weighted by atomic mass is 32.2. The van der Waals surface area contributed by atoms with E-state index in [9.17, 15) is 17.6 Å². The van der Waals surface area contributed by atoms with Crippen molar-refractivity contribution in [3.05, 3.63) is 94.8 Å². The summed E-state index contributed by atoms with van der Waals surface area (Å²) in [5.74, 6) is 0.0516. The van der Waals surface area contributed by atoms with Crippen molar-refractivity contribution in [2.24, 2.45) is 5.92 Å². The zero-order chi connectivity index (χ0) is 28.5. The lowest BCUT2D eigenvalue weighted by Crippen LogP contribution is -2.31. The summed E-state index contributed by atoms with van der Waals surface area (Å²) in [6.07, 6.45) is 0.578. The summed E-state index contributed by atoms with van der Waals surface area (Å²) >= 11 is 0. The molecule has 0 saturated carbocycles. The van der Waals surface area contributed by atoms with Crippen LogP contribution in [0.25, 0.3) is 0 Å². The number of hydrogen-bond donors (Lipinski definition) is 1. The first-order chi connectivity index (χ1) is 19.2. The maximum Gasteiger partial charge on any atom is 0.251 e. The van der Waals surface area contributed by atoms with Crippen LogP contribution in [0.4, 0.5) is 4.39 Å². The number of carbonyl (C=O) groups is 1. The highest BCUT2D eigenvalue weighted by Crippen LogP contribution is 2.25. The summed E-state index contributed by atoms with van der Waals surface area (Å²) in [6.45, 7) is 8.50. The third-order valence-corrected chi connectivity index (χ3v) is 8.34.